The van der Waals surface area contributed by atoms with E-state index in [-0.39, 0.29) is 37.3 Å². The molecule has 2 unspecified atom stereocenters. The third kappa shape index (κ3) is 6.73. The van der Waals surface area contributed by atoms with Crippen molar-refractivity contribution in [2.24, 2.45) is 5.73 Å². The van der Waals surface area contributed by atoms with Gasteiger partial charge in [-0.15, -0.1) is 11.8 Å². The molecule has 1 aliphatic rings. The third-order valence-corrected chi connectivity index (χ3v) is 6.49. The smallest absolute Gasteiger partial charge is 0.307 e. The Labute approximate surface area is 198 Å². The number of nitrogens with one attached hydrogen (secondary N) is 1. The molecule has 2 aromatic rings. The second-order valence-electron chi connectivity index (χ2n) is 7.94. The summed E-state index contributed by atoms with van der Waals surface area (Å²) in [6.07, 6.45) is -0.439. The van der Waals surface area contributed by atoms with Crippen molar-refractivity contribution in [2.45, 2.75) is 37.2 Å². The number of thioether (sulfide) groups is 1. The van der Waals surface area contributed by atoms with Crippen LogP contribution in [0.5, 0.6) is 0 Å². The van der Waals surface area contributed by atoms with Gasteiger partial charge in [-0.25, -0.2) is 13.2 Å². The molecule has 0 saturated carbocycles. The summed E-state index contributed by atoms with van der Waals surface area (Å²) < 4.78 is 40.4. The van der Waals surface area contributed by atoms with Crippen molar-refractivity contribution in [1.29, 1.82) is 0 Å². The fraction of sp³-hybridized carbons (Fsp3) is 0.348. The second-order valence-corrected chi connectivity index (χ2v) is 9.13. The lowest BCUT2D eigenvalue weighted by atomic mass is 10.0. The zero-order valence-corrected chi connectivity index (χ0v) is 18.9. The summed E-state index contributed by atoms with van der Waals surface area (Å²) in [7, 11) is 0. The van der Waals surface area contributed by atoms with Crippen molar-refractivity contribution in [1.82, 2.24) is 10.2 Å². The van der Waals surface area contributed by atoms with Crippen molar-refractivity contribution in [2.75, 3.05) is 12.3 Å². The fourth-order valence-electron chi connectivity index (χ4n) is 3.59. The molecule has 0 radical (unpaired) electrons. The number of aliphatic carboxylic acids is 1. The lowest BCUT2D eigenvalue weighted by molar-refractivity contribution is -0.137. The zero-order chi connectivity index (χ0) is 24.8. The lowest BCUT2D eigenvalue weighted by Crippen LogP contribution is -2.46. The van der Waals surface area contributed by atoms with Gasteiger partial charge in [0.25, 0.3) is 5.91 Å². The number of hydrogen-bond donors (Lipinski definition) is 3. The van der Waals surface area contributed by atoms with Crippen LogP contribution in [0.15, 0.2) is 36.4 Å². The summed E-state index contributed by atoms with van der Waals surface area (Å²) in [4.78, 5) is 37.6. The minimum atomic E-state index is -1.30. The van der Waals surface area contributed by atoms with Crippen molar-refractivity contribution in [3.05, 3.63) is 70.5 Å². The molecule has 1 aliphatic heterocycles. The largest absolute Gasteiger partial charge is 0.481 e. The van der Waals surface area contributed by atoms with E-state index in [9.17, 15) is 27.6 Å². The molecule has 3 rings (SSSR count). The predicted octanol–water partition coefficient (Wildman–Crippen LogP) is 2.21. The highest BCUT2D eigenvalue weighted by Crippen LogP contribution is 2.25. The Bertz CT molecular complexity index is 1070. The number of nitrogens with zero attached hydrogens (tertiary/aromatic N) is 1. The van der Waals surface area contributed by atoms with Crippen LogP contribution in [0.3, 0.4) is 0 Å². The molecule has 2 amide bonds. The van der Waals surface area contributed by atoms with Crippen LogP contribution in [-0.4, -0.2) is 51.5 Å². The first kappa shape index (κ1) is 25.6. The molecule has 0 bridgehead atoms. The number of halogens is 3. The van der Waals surface area contributed by atoms with Gasteiger partial charge in [0.2, 0.25) is 5.91 Å². The molecular formula is C23H24F3N3O4S. The van der Waals surface area contributed by atoms with Gasteiger partial charge < -0.3 is 21.1 Å². The van der Waals surface area contributed by atoms with Crippen molar-refractivity contribution in [3.8, 4) is 0 Å². The molecule has 0 aromatic heterocycles. The molecule has 0 aliphatic carbocycles. The van der Waals surface area contributed by atoms with E-state index in [1.54, 1.807) is 24.3 Å². The number of rotatable bonds is 9. The second kappa shape index (κ2) is 11.4. The van der Waals surface area contributed by atoms with Gasteiger partial charge in [-0.2, -0.15) is 0 Å². The Morgan fingerprint density at radius 2 is 1.74 bits per heavy atom. The topological polar surface area (TPSA) is 113 Å². The number of nitrogens with two attached hydrogens (primary N) is 1. The summed E-state index contributed by atoms with van der Waals surface area (Å²) in [5.41, 5.74) is 7.25. The van der Waals surface area contributed by atoms with E-state index in [1.165, 1.54) is 16.7 Å². The SMILES string of the molecule is NC(CC(=O)N1CCSC1C(=O)NCc1ccc(CC(=O)O)cc1)Cc1cc(F)c(F)cc1F. The van der Waals surface area contributed by atoms with Gasteiger partial charge in [-0.1, -0.05) is 24.3 Å². The standard InChI is InChI=1S/C23H24F3N3O4S/c24-17-11-19(26)18(25)9-15(17)8-16(27)10-20(30)29-5-6-34-23(29)22(33)28-12-14-3-1-13(2-4-14)7-21(31)32/h1-4,9,11,16,23H,5-8,10,12,27H2,(H,28,33)(H,31,32). The quantitative estimate of drug-likeness (QED) is 0.460. The average Bonchev–Trinajstić information content (AvgIpc) is 3.26. The molecule has 1 heterocycles. The molecule has 0 spiro atoms. The first-order valence-corrected chi connectivity index (χ1v) is 11.6. The highest BCUT2D eigenvalue weighted by atomic mass is 32.2. The molecule has 2 atom stereocenters. The summed E-state index contributed by atoms with van der Waals surface area (Å²) in [5, 5.41) is 10.8. The van der Waals surface area contributed by atoms with Gasteiger partial charge in [0.1, 0.15) is 5.82 Å². The number of amides is 2. The predicted molar refractivity (Wildman–Crippen MR) is 120 cm³/mol. The molecule has 7 nitrogen and oxygen atoms in total. The molecular weight excluding hydrogens is 471 g/mol. The number of carbonyl (C=O) groups excluding carboxylic acids is 2. The van der Waals surface area contributed by atoms with Crippen molar-refractivity contribution >= 4 is 29.5 Å². The Morgan fingerprint density at radius 1 is 1.09 bits per heavy atom. The van der Waals surface area contributed by atoms with Gasteiger partial charge in [-0.3, -0.25) is 14.4 Å². The van der Waals surface area contributed by atoms with Gasteiger partial charge >= 0.3 is 5.97 Å². The maximum absolute atomic E-state index is 13.9. The fourth-order valence-corrected chi connectivity index (χ4v) is 4.75. The first-order valence-electron chi connectivity index (χ1n) is 10.5. The third-order valence-electron chi connectivity index (χ3n) is 5.29. The minimum absolute atomic E-state index is 0.0900. The van der Waals surface area contributed by atoms with Crippen LogP contribution in [0, 0.1) is 17.5 Å². The summed E-state index contributed by atoms with van der Waals surface area (Å²) in [6.45, 7) is 0.553. The van der Waals surface area contributed by atoms with Crippen LogP contribution in [0.2, 0.25) is 0 Å². The van der Waals surface area contributed by atoms with E-state index in [0.29, 0.717) is 23.9 Å². The monoisotopic (exact) mass is 495 g/mol. The summed E-state index contributed by atoms with van der Waals surface area (Å²) >= 11 is 1.30. The van der Waals surface area contributed by atoms with Crippen molar-refractivity contribution in [3.63, 3.8) is 0 Å². The van der Waals surface area contributed by atoms with E-state index >= 15 is 0 Å². The van der Waals surface area contributed by atoms with Crippen LogP contribution in [0.4, 0.5) is 13.2 Å². The van der Waals surface area contributed by atoms with Gasteiger partial charge in [-0.05, 0) is 29.2 Å². The van der Waals surface area contributed by atoms with E-state index in [0.717, 1.165) is 11.6 Å². The Balaban J connectivity index is 1.53. The Kier molecular flexibility index (Phi) is 8.56. The number of benzene rings is 2. The highest BCUT2D eigenvalue weighted by Gasteiger charge is 2.35. The maximum atomic E-state index is 13.9. The lowest BCUT2D eigenvalue weighted by Gasteiger charge is -2.24. The number of carboxylic acid groups (broad SMARTS) is 1. The summed E-state index contributed by atoms with van der Waals surface area (Å²) in [5.74, 6) is -4.56. The van der Waals surface area contributed by atoms with E-state index in [4.69, 9.17) is 10.8 Å². The first-order chi connectivity index (χ1) is 16.1. The minimum Gasteiger partial charge on any atom is -0.481 e. The molecule has 4 N–H and O–H groups in total. The maximum Gasteiger partial charge on any atom is 0.307 e. The molecule has 1 fully saturated rings. The Hall–Kier alpha value is -3.05. The van der Waals surface area contributed by atoms with E-state index in [1.807, 2.05) is 0 Å². The van der Waals surface area contributed by atoms with Crippen LogP contribution in [0.25, 0.3) is 0 Å². The molecule has 182 valence electrons. The van der Waals surface area contributed by atoms with Gasteiger partial charge in [0, 0.05) is 37.4 Å². The molecule has 2 aromatic carbocycles. The average molecular weight is 496 g/mol. The van der Waals surface area contributed by atoms with Crippen molar-refractivity contribution < 1.29 is 32.7 Å². The van der Waals surface area contributed by atoms with Gasteiger partial charge in [0.05, 0.1) is 6.42 Å². The number of hydrogen-bond acceptors (Lipinski definition) is 5. The molecule has 11 heteroatoms. The molecule has 34 heavy (non-hydrogen) atoms. The van der Waals surface area contributed by atoms with Crippen LogP contribution in [0.1, 0.15) is 23.1 Å². The summed E-state index contributed by atoms with van der Waals surface area (Å²) in [6, 6.07) is 7.12. The van der Waals surface area contributed by atoms with Crippen LogP contribution < -0.4 is 11.1 Å². The number of carbonyl (C=O) groups is 3. The normalized spacial score (nSPS) is 16.4. The molecule has 1 saturated heterocycles. The van der Waals surface area contributed by atoms with Crippen LogP contribution >= 0.6 is 11.8 Å². The zero-order valence-electron chi connectivity index (χ0n) is 18.1. The van der Waals surface area contributed by atoms with Crippen LogP contribution in [-0.2, 0) is 33.8 Å². The van der Waals surface area contributed by atoms with E-state index < -0.39 is 40.7 Å². The number of carboxylic acids is 1. The van der Waals surface area contributed by atoms with Gasteiger partial charge in [0.15, 0.2) is 17.0 Å². The highest BCUT2D eigenvalue weighted by molar-refractivity contribution is 8.00. The Morgan fingerprint density at radius 3 is 2.41 bits per heavy atom. The van der Waals surface area contributed by atoms with E-state index in [2.05, 4.69) is 5.32 Å².